The van der Waals surface area contributed by atoms with Crippen molar-refractivity contribution in [2.75, 3.05) is 20.3 Å². The van der Waals surface area contributed by atoms with Crippen LogP contribution in [-0.4, -0.2) is 55.0 Å². The molecule has 0 spiro atoms. The Morgan fingerprint density at radius 3 is 1.78 bits per heavy atom. The van der Waals surface area contributed by atoms with E-state index in [4.69, 9.17) is 13.6 Å². The molecule has 0 aromatic rings. The van der Waals surface area contributed by atoms with Gasteiger partial charge in [-0.2, -0.15) is 0 Å². The first kappa shape index (κ1) is 24.8. The average Bonchev–Trinajstić information content (AvgIpc) is 2.91. The topological polar surface area (TPSA) is 56.8 Å². The Balaban J connectivity index is 2.76. The summed E-state index contributed by atoms with van der Waals surface area (Å²) in [5.41, 5.74) is 0. The van der Waals surface area contributed by atoms with Crippen molar-refractivity contribution < 1.29 is 18.4 Å². The van der Waals surface area contributed by atoms with Crippen molar-refractivity contribution in [1.29, 1.82) is 0 Å². The summed E-state index contributed by atoms with van der Waals surface area (Å²) in [5, 5.41) is 3.79. The van der Waals surface area contributed by atoms with Crippen LogP contribution in [0.2, 0.25) is 36.3 Å². The van der Waals surface area contributed by atoms with Crippen LogP contribution in [-0.2, 0) is 18.4 Å². The van der Waals surface area contributed by atoms with Gasteiger partial charge < -0.3 is 13.6 Å². The summed E-state index contributed by atoms with van der Waals surface area (Å²) in [6.07, 6.45) is 0.878. The summed E-state index contributed by atoms with van der Waals surface area (Å²) in [4.78, 5) is 12.3. The molecule has 0 amide bonds. The molecular formula is C20H43NO4Si2. The first-order valence-electron chi connectivity index (χ1n) is 10.1. The van der Waals surface area contributed by atoms with Crippen LogP contribution in [0.5, 0.6) is 0 Å². The van der Waals surface area contributed by atoms with Crippen molar-refractivity contribution in [3.8, 4) is 0 Å². The highest BCUT2D eigenvalue weighted by molar-refractivity contribution is 6.74. The Kier molecular flexibility index (Phi) is 7.95. The van der Waals surface area contributed by atoms with Crippen LogP contribution in [0.15, 0.2) is 0 Å². The van der Waals surface area contributed by atoms with E-state index in [0.717, 1.165) is 6.42 Å². The maximum atomic E-state index is 12.3. The third kappa shape index (κ3) is 6.39. The molecule has 3 atom stereocenters. The third-order valence-corrected chi connectivity index (χ3v) is 15.8. The number of rotatable bonds is 7. The SMILES string of the molecule is COC(=O)[C@@H]1N[C@@H](CO[Si](C)(C)C(C)(C)C)C[C@H]1CO[Si](C)(C)C(C)(C)C. The standard InChI is InChI=1S/C20H43NO4Si2/c1-19(2,3)26(8,9)24-13-15-12-16(21-17(15)18(22)23-7)14-25-27(10,11)20(4,5)6/h15-17,21H,12-14H2,1-11H3/t15-,16+,17+/m0/s1. The number of ether oxygens (including phenoxy) is 1. The van der Waals surface area contributed by atoms with Crippen LogP contribution < -0.4 is 5.32 Å². The summed E-state index contributed by atoms with van der Waals surface area (Å²) in [7, 11) is -2.20. The minimum Gasteiger partial charge on any atom is -0.468 e. The molecule has 0 aromatic heterocycles. The number of methoxy groups -OCH3 is 1. The summed E-state index contributed by atoms with van der Waals surface area (Å²) < 4.78 is 17.8. The molecule has 0 saturated carbocycles. The van der Waals surface area contributed by atoms with Gasteiger partial charge in [0.1, 0.15) is 6.04 Å². The molecule has 1 rings (SSSR count). The second-order valence-corrected chi connectivity index (χ2v) is 20.6. The molecule has 27 heavy (non-hydrogen) atoms. The highest BCUT2D eigenvalue weighted by atomic mass is 28.4. The minimum atomic E-state index is -1.85. The van der Waals surface area contributed by atoms with Crippen LogP contribution in [0.4, 0.5) is 0 Å². The fourth-order valence-corrected chi connectivity index (χ4v) is 4.80. The second kappa shape index (κ2) is 8.65. The molecule has 1 aliphatic heterocycles. The third-order valence-electron chi connectivity index (χ3n) is 6.85. The zero-order valence-corrected chi connectivity index (χ0v) is 21.5. The molecule has 0 aliphatic carbocycles. The maximum Gasteiger partial charge on any atom is 0.323 e. The summed E-state index contributed by atoms with van der Waals surface area (Å²) in [6.45, 7) is 23.7. The normalized spacial score (nSPS) is 24.9. The molecule has 160 valence electrons. The van der Waals surface area contributed by atoms with Crippen LogP contribution in [0.1, 0.15) is 48.0 Å². The summed E-state index contributed by atoms with van der Waals surface area (Å²) >= 11 is 0. The van der Waals surface area contributed by atoms with Crippen LogP contribution in [0.3, 0.4) is 0 Å². The van der Waals surface area contributed by atoms with E-state index in [1.54, 1.807) is 0 Å². The van der Waals surface area contributed by atoms with Gasteiger partial charge in [0, 0.05) is 25.2 Å². The number of carbonyl (C=O) groups is 1. The second-order valence-electron chi connectivity index (χ2n) is 11.0. The van der Waals surface area contributed by atoms with E-state index in [9.17, 15) is 4.79 Å². The van der Waals surface area contributed by atoms with Crippen LogP contribution in [0, 0.1) is 5.92 Å². The van der Waals surface area contributed by atoms with E-state index >= 15 is 0 Å². The molecule has 1 N–H and O–H groups in total. The van der Waals surface area contributed by atoms with Gasteiger partial charge in [-0.15, -0.1) is 0 Å². The Hall–Kier alpha value is -0.216. The molecular weight excluding hydrogens is 374 g/mol. The molecule has 1 fully saturated rings. The van der Waals surface area contributed by atoms with Crippen molar-refractivity contribution in [3.63, 3.8) is 0 Å². The van der Waals surface area contributed by atoms with Gasteiger partial charge in [-0.05, 0) is 42.7 Å². The Morgan fingerprint density at radius 1 is 0.926 bits per heavy atom. The van der Waals surface area contributed by atoms with Gasteiger partial charge in [-0.1, -0.05) is 41.5 Å². The highest BCUT2D eigenvalue weighted by Crippen LogP contribution is 2.38. The van der Waals surface area contributed by atoms with Crippen molar-refractivity contribution in [1.82, 2.24) is 5.32 Å². The van der Waals surface area contributed by atoms with Crippen molar-refractivity contribution >= 4 is 22.6 Å². The fourth-order valence-electron chi connectivity index (χ4n) is 2.68. The van der Waals surface area contributed by atoms with Gasteiger partial charge in [0.2, 0.25) is 0 Å². The van der Waals surface area contributed by atoms with Gasteiger partial charge in [-0.3, -0.25) is 10.1 Å². The predicted octanol–water partition coefficient (Wildman–Crippen LogP) is 4.55. The molecule has 1 saturated heterocycles. The molecule has 1 aliphatic rings. The van der Waals surface area contributed by atoms with E-state index < -0.39 is 16.6 Å². The first-order valence-corrected chi connectivity index (χ1v) is 16.0. The quantitative estimate of drug-likeness (QED) is 0.486. The zero-order chi connectivity index (χ0) is 21.3. The summed E-state index contributed by atoms with van der Waals surface area (Å²) in [5.74, 6) is -0.0757. The number of esters is 1. The lowest BCUT2D eigenvalue weighted by Gasteiger charge is -2.37. The van der Waals surface area contributed by atoms with Crippen molar-refractivity contribution in [2.24, 2.45) is 5.92 Å². The molecule has 0 aromatic carbocycles. The Morgan fingerprint density at radius 2 is 1.37 bits per heavy atom. The van der Waals surface area contributed by atoms with Gasteiger partial charge in [0.05, 0.1) is 7.11 Å². The van der Waals surface area contributed by atoms with E-state index in [1.807, 2.05) is 0 Å². The molecule has 7 heteroatoms. The molecule has 0 bridgehead atoms. The van der Waals surface area contributed by atoms with Gasteiger partial charge in [-0.25, -0.2) is 0 Å². The Labute approximate surface area is 169 Å². The van der Waals surface area contributed by atoms with E-state index in [2.05, 4.69) is 73.0 Å². The maximum absolute atomic E-state index is 12.3. The number of nitrogens with one attached hydrogen (secondary N) is 1. The molecule has 5 nitrogen and oxygen atoms in total. The van der Waals surface area contributed by atoms with E-state index in [1.165, 1.54) is 7.11 Å². The van der Waals surface area contributed by atoms with Gasteiger partial charge >= 0.3 is 5.97 Å². The van der Waals surface area contributed by atoms with E-state index in [0.29, 0.717) is 13.2 Å². The van der Waals surface area contributed by atoms with E-state index in [-0.39, 0.29) is 34.0 Å². The van der Waals surface area contributed by atoms with Crippen LogP contribution >= 0.6 is 0 Å². The molecule has 1 heterocycles. The smallest absolute Gasteiger partial charge is 0.323 e. The van der Waals surface area contributed by atoms with Crippen molar-refractivity contribution in [2.45, 2.75) is 96.3 Å². The first-order chi connectivity index (χ1) is 12.0. The Bertz CT molecular complexity index is 509. The average molecular weight is 418 g/mol. The summed E-state index contributed by atoms with van der Waals surface area (Å²) in [6, 6.07) is -0.149. The monoisotopic (exact) mass is 417 g/mol. The van der Waals surface area contributed by atoms with Gasteiger partial charge in [0.15, 0.2) is 16.6 Å². The number of hydrogen-bond acceptors (Lipinski definition) is 5. The minimum absolute atomic E-state index is 0.125. The lowest BCUT2D eigenvalue weighted by atomic mass is 10.0. The number of hydrogen-bond donors (Lipinski definition) is 1. The lowest BCUT2D eigenvalue weighted by molar-refractivity contribution is -0.144. The van der Waals surface area contributed by atoms with Crippen LogP contribution in [0.25, 0.3) is 0 Å². The number of carbonyl (C=O) groups excluding carboxylic acids is 1. The highest BCUT2D eigenvalue weighted by Gasteiger charge is 2.44. The zero-order valence-electron chi connectivity index (χ0n) is 19.5. The molecule has 0 radical (unpaired) electrons. The molecule has 0 unspecified atom stereocenters. The predicted molar refractivity (Wildman–Crippen MR) is 117 cm³/mol. The largest absolute Gasteiger partial charge is 0.468 e. The fraction of sp³-hybridized carbons (Fsp3) is 0.950. The lowest BCUT2D eigenvalue weighted by Crippen LogP contribution is -2.46. The van der Waals surface area contributed by atoms with Gasteiger partial charge in [0.25, 0.3) is 0 Å². The van der Waals surface area contributed by atoms with Crippen molar-refractivity contribution in [3.05, 3.63) is 0 Å².